The maximum atomic E-state index is 5.02. The topological polar surface area (TPSA) is 18.0 Å². The van der Waals surface area contributed by atoms with Gasteiger partial charge in [0.15, 0.2) is 0 Å². The van der Waals surface area contributed by atoms with E-state index in [0.717, 1.165) is 5.82 Å². The van der Waals surface area contributed by atoms with Gasteiger partial charge in [-0.1, -0.05) is 0 Å². The number of aryl methyl sites for hydroxylation is 2. The normalized spacial score (nSPS) is 9.73. The summed E-state index contributed by atoms with van der Waals surface area (Å²) in [5, 5.41) is 0. The van der Waals surface area contributed by atoms with Crippen molar-refractivity contribution in [1.82, 2.24) is 4.57 Å². The minimum Gasteiger partial charge on any atom is -0.490 e. The lowest BCUT2D eigenvalue weighted by molar-refractivity contribution is -0.674. The summed E-state index contributed by atoms with van der Waals surface area (Å²) in [4.78, 5) is 0. The summed E-state index contributed by atoms with van der Waals surface area (Å²) in [7, 11) is 5.54. The van der Waals surface area contributed by atoms with Gasteiger partial charge in [0, 0.05) is 0 Å². The number of rotatable bonds is 2. The molecule has 0 N–H and O–H groups in total. The fraction of sp³-hybridized carbons (Fsp3) is 0.375. The summed E-state index contributed by atoms with van der Waals surface area (Å²) in [6.45, 7) is 3.77. The molecule has 0 radical (unpaired) electrons. The van der Waals surface area contributed by atoms with E-state index < -0.39 is 0 Å². The molecule has 0 bridgehead atoms. The molecular formula is C8H13N2O+. The Labute approximate surface area is 66.5 Å². The molecule has 0 aliphatic heterocycles. The fourth-order valence-electron chi connectivity index (χ4n) is 1.07. The van der Waals surface area contributed by atoms with Crippen LogP contribution in [0.25, 0.3) is 5.76 Å². The van der Waals surface area contributed by atoms with E-state index in [-0.39, 0.29) is 0 Å². The molecule has 3 nitrogen and oxygen atoms in total. The number of ether oxygens (including phenoxy) is 1. The second kappa shape index (κ2) is 2.78. The molecule has 3 heteroatoms. The van der Waals surface area contributed by atoms with Crippen molar-refractivity contribution in [3.63, 3.8) is 0 Å². The Bertz CT molecular complexity index is 256. The van der Waals surface area contributed by atoms with Crippen LogP contribution in [0, 0.1) is 0 Å². The monoisotopic (exact) mass is 153 g/mol. The second-order valence-electron chi connectivity index (χ2n) is 2.47. The summed E-state index contributed by atoms with van der Waals surface area (Å²) < 4.78 is 8.95. The first-order valence-electron chi connectivity index (χ1n) is 3.41. The molecule has 0 fully saturated rings. The zero-order valence-electron chi connectivity index (χ0n) is 7.16. The van der Waals surface area contributed by atoms with Crippen molar-refractivity contribution in [2.75, 3.05) is 7.11 Å². The van der Waals surface area contributed by atoms with Crippen molar-refractivity contribution in [2.24, 2.45) is 14.1 Å². The maximum Gasteiger partial charge on any atom is 0.323 e. The third kappa shape index (κ3) is 1.27. The highest BCUT2D eigenvalue weighted by molar-refractivity contribution is 5.46. The Kier molecular flexibility index (Phi) is 1.98. The van der Waals surface area contributed by atoms with Gasteiger partial charge in [0.05, 0.1) is 21.2 Å². The van der Waals surface area contributed by atoms with E-state index in [1.54, 1.807) is 7.11 Å². The number of methoxy groups -OCH3 is 1. The van der Waals surface area contributed by atoms with Gasteiger partial charge in [-0.15, -0.1) is 0 Å². The van der Waals surface area contributed by atoms with Crippen molar-refractivity contribution < 1.29 is 9.30 Å². The standard InChI is InChI=1S/C8H13N2O/c1-7(11-4)8-9(2)5-6-10(8)3/h5-6H,1H2,2-4H3/q+1. The minimum absolute atomic E-state index is 0.681. The number of nitrogens with zero attached hydrogens (tertiary/aromatic N) is 2. The van der Waals surface area contributed by atoms with E-state index in [2.05, 4.69) is 6.58 Å². The molecule has 0 aromatic carbocycles. The predicted octanol–water partition coefficient (Wildman–Crippen LogP) is 0.467. The van der Waals surface area contributed by atoms with Crippen LogP contribution in [-0.2, 0) is 18.8 Å². The molecule has 11 heavy (non-hydrogen) atoms. The lowest BCUT2D eigenvalue weighted by atomic mass is 10.5. The lowest BCUT2D eigenvalue weighted by Gasteiger charge is -1.99. The minimum atomic E-state index is 0.681. The highest BCUT2D eigenvalue weighted by Gasteiger charge is 2.14. The average Bonchev–Trinajstić information content (AvgIpc) is 2.30. The van der Waals surface area contributed by atoms with E-state index in [1.165, 1.54) is 0 Å². The Morgan fingerprint density at radius 1 is 1.73 bits per heavy atom. The van der Waals surface area contributed by atoms with Gasteiger partial charge in [0.25, 0.3) is 0 Å². The highest BCUT2D eigenvalue weighted by atomic mass is 16.5. The van der Waals surface area contributed by atoms with Crippen LogP contribution >= 0.6 is 0 Å². The van der Waals surface area contributed by atoms with Crippen LogP contribution in [0.5, 0.6) is 0 Å². The SMILES string of the molecule is C=C(OC)c1n(C)cc[n+]1C. The lowest BCUT2D eigenvalue weighted by Crippen LogP contribution is -2.31. The van der Waals surface area contributed by atoms with Gasteiger partial charge in [-0.2, -0.15) is 0 Å². The van der Waals surface area contributed by atoms with Crippen LogP contribution in [0.3, 0.4) is 0 Å². The fourth-order valence-corrected chi connectivity index (χ4v) is 1.07. The molecule has 60 valence electrons. The van der Waals surface area contributed by atoms with Gasteiger partial charge >= 0.3 is 5.82 Å². The van der Waals surface area contributed by atoms with Crippen LogP contribution < -0.4 is 4.57 Å². The van der Waals surface area contributed by atoms with Gasteiger partial charge in [-0.3, -0.25) is 0 Å². The van der Waals surface area contributed by atoms with E-state index in [4.69, 9.17) is 4.74 Å². The van der Waals surface area contributed by atoms with Crippen molar-refractivity contribution >= 4 is 5.76 Å². The quantitative estimate of drug-likeness (QED) is 0.446. The van der Waals surface area contributed by atoms with Gasteiger partial charge in [0.2, 0.25) is 5.76 Å². The van der Waals surface area contributed by atoms with Crippen LogP contribution in [0.1, 0.15) is 5.82 Å². The number of imidazole rings is 1. The van der Waals surface area contributed by atoms with Crippen LogP contribution in [0.2, 0.25) is 0 Å². The van der Waals surface area contributed by atoms with Crippen LogP contribution in [-0.4, -0.2) is 11.7 Å². The first-order valence-corrected chi connectivity index (χ1v) is 3.41. The Hall–Kier alpha value is -1.25. The molecule has 0 unspecified atom stereocenters. The molecule has 0 aliphatic carbocycles. The third-order valence-electron chi connectivity index (χ3n) is 1.68. The molecule has 1 aromatic heterocycles. The summed E-state index contributed by atoms with van der Waals surface area (Å²) in [5.41, 5.74) is 0. The highest BCUT2D eigenvalue weighted by Crippen LogP contribution is 2.05. The molecule has 0 spiro atoms. The molecule has 0 saturated carbocycles. The predicted molar refractivity (Wildman–Crippen MR) is 42.6 cm³/mol. The summed E-state index contributed by atoms with van der Waals surface area (Å²) >= 11 is 0. The van der Waals surface area contributed by atoms with Gasteiger partial charge in [-0.25, -0.2) is 9.13 Å². The first-order chi connectivity index (χ1) is 5.16. The smallest absolute Gasteiger partial charge is 0.323 e. The molecule has 0 amide bonds. The molecule has 1 rings (SSSR count). The molecule has 0 saturated heterocycles. The van der Waals surface area contributed by atoms with Gasteiger partial charge < -0.3 is 4.74 Å². The molecule has 1 heterocycles. The van der Waals surface area contributed by atoms with Gasteiger partial charge in [-0.05, 0) is 6.58 Å². The van der Waals surface area contributed by atoms with E-state index in [1.807, 2.05) is 35.6 Å². The van der Waals surface area contributed by atoms with Crippen molar-refractivity contribution in [1.29, 1.82) is 0 Å². The average molecular weight is 153 g/mol. The van der Waals surface area contributed by atoms with Crippen LogP contribution in [0.15, 0.2) is 19.0 Å². The third-order valence-corrected chi connectivity index (χ3v) is 1.68. The zero-order valence-corrected chi connectivity index (χ0v) is 7.16. The molecule has 0 atom stereocenters. The molecular weight excluding hydrogens is 140 g/mol. The number of hydrogen-bond acceptors (Lipinski definition) is 1. The first kappa shape index (κ1) is 7.85. The van der Waals surface area contributed by atoms with E-state index >= 15 is 0 Å². The largest absolute Gasteiger partial charge is 0.490 e. The number of hydrogen-bond donors (Lipinski definition) is 0. The van der Waals surface area contributed by atoms with Crippen molar-refractivity contribution in [3.8, 4) is 0 Å². The Morgan fingerprint density at radius 2 is 2.36 bits per heavy atom. The summed E-state index contributed by atoms with van der Waals surface area (Å²) in [6.07, 6.45) is 3.92. The molecule has 1 aromatic rings. The van der Waals surface area contributed by atoms with Crippen LogP contribution in [0.4, 0.5) is 0 Å². The van der Waals surface area contributed by atoms with E-state index in [9.17, 15) is 0 Å². The molecule has 0 aliphatic rings. The maximum absolute atomic E-state index is 5.02. The Morgan fingerprint density at radius 3 is 2.73 bits per heavy atom. The number of aromatic nitrogens is 2. The van der Waals surface area contributed by atoms with Gasteiger partial charge in [0.1, 0.15) is 12.4 Å². The Balaban J connectivity index is 3.10. The van der Waals surface area contributed by atoms with E-state index in [0.29, 0.717) is 5.76 Å². The van der Waals surface area contributed by atoms with Crippen molar-refractivity contribution in [3.05, 3.63) is 24.8 Å². The summed E-state index contributed by atoms with van der Waals surface area (Å²) in [5.74, 6) is 1.66. The second-order valence-corrected chi connectivity index (χ2v) is 2.47. The van der Waals surface area contributed by atoms with Crippen molar-refractivity contribution in [2.45, 2.75) is 0 Å². The summed E-state index contributed by atoms with van der Waals surface area (Å²) in [6, 6.07) is 0. The zero-order chi connectivity index (χ0) is 8.43.